The number of alkyl halides is 2. The Morgan fingerprint density at radius 2 is 1.79 bits per heavy atom. The monoisotopic (exact) mass is 456 g/mol. The minimum absolute atomic E-state index is 0.223. The summed E-state index contributed by atoms with van der Waals surface area (Å²) < 4.78 is 3.34. The largest absolute Gasteiger partial charge is 0.268 e. The molecule has 5 heteroatoms. The molecule has 0 saturated heterocycles. The Hall–Kier alpha value is 0.650. The highest BCUT2D eigenvalue weighted by molar-refractivity contribution is 9.10. The molecule has 19 heavy (non-hydrogen) atoms. The molecule has 0 unspecified atom stereocenters. The molecule has 0 saturated carbocycles. The summed E-state index contributed by atoms with van der Waals surface area (Å²) in [6.45, 7) is 9.82. The van der Waals surface area contributed by atoms with Crippen molar-refractivity contribution < 1.29 is 0 Å². The second kappa shape index (κ2) is 7.60. The van der Waals surface area contributed by atoms with Crippen LogP contribution in [0, 0.1) is 11.3 Å². The van der Waals surface area contributed by atoms with Crippen LogP contribution in [0.3, 0.4) is 0 Å². The van der Waals surface area contributed by atoms with Crippen molar-refractivity contribution in [2.24, 2.45) is 11.3 Å². The molecule has 0 aliphatic heterocycles. The molecule has 0 bridgehead atoms. The van der Waals surface area contributed by atoms with Gasteiger partial charge in [0.1, 0.15) is 0 Å². The van der Waals surface area contributed by atoms with Crippen molar-refractivity contribution in [3.8, 4) is 0 Å². The van der Waals surface area contributed by atoms with Crippen molar-refractivity contribution >= 4 is 47.8 Å². The third-order valence-electron chi connectivity index (χ3n) is 3.97. The molecule has 0 spiro atoms. The van der Waals surface area contributed by atoms with Gasteiger partial charge in [-0.05, 0) is 47.0 Å². The van der Waals surface area contributed by atoms with Crippen molar-refractivity contribution in [3.63, 3.8) is 0 Å². The summed E-state index contributed by atoms with van der Waals surface area (Å²) in [6, 6.07) is 0. The van der Waals surface area contributed by atoms with Crippen LogP contribution in [0.1, 0.15) is 39.1 Å². The summed E-state index contributed by atoms with van der Waals surface area (Å²) in [5.74, 6) is 0.600. The molecule has 0 fully saturated rings. The van der Waals surface area contributed by atoms with E-state index in [4.69, 9.17) is 5.10 Å². The van der Waals surface area contributed by atoms with Crippen LogP contribution in [-0.4, -0.2) is 20.4 Å². The van der Waals surface area contributed by atoms with E-state index in [9.17, 15) is 0 Å². The smallest absolute Gasteiger partial charge is 0.0766 e. The normalized spacial score (nSPS) is 12.4. The number of halogens is 3. The highest BCUT2D eigenvalue weighted by Gasteiger charge is 2.34. The Labute approximate surface area is 142 Å². The van der Waals surface area contributed by atoms with E-state index < -0.39 is 0 Å². The predicted molar refractivity (Wildman–Crippen MR) is 93.5 cm³/mol. The molecule has 0 aliphatic carbocycles. The van der Waals surface area contributed by atoms with Gasteiger partial charge in [0.2, 0.25) is 0 Å². The maximum absolute atomic E-state index is 4.70. The zero-order valence-corrected chi connectivity index (χ0v) is 16.9. The van der Waals surface area contributed by atoms with Crippen molar-refractivity contribution in [1.29, 1.82) is 0 Å². The first kappa shape index (κ1) is 17.7. The second-order valence-corrected chi connectivity index (χ2v) is 7.25. The van der Waals surface area contributed by atoms with Gasteiger partial charge >= 0.3 is 0 Å². The Morgan fingerprint density at radius 1 is 1.21 bits per heavy atom. The molecule has 0 N–H and O–H groups in total. The Kier molecular flexibility index (Phi) is 7.08. The van der Waals surface area contributed by atoms with Crippen LogP contribution in [0.5, 0.6) is 0 Å². The van der Waals surface area contributed by atoms with Gasteiger partial charge in [0.15, 0.2) is 0 Å². The van der Waals surface area contributed by atoms with Crippen LogP contribution < -0.4 is 0 Å². The zero-order chi connectivity index (χ0) is 14.6. The van der Waals surface area contributed by atoms with E-state index in [1.54, 1.807) is 0 Å². The summed E-state index contributed by atoms with van der Waals surface area (Å²) in [5, 5.41) is 6.68. The minimum Gasteiger partial charge on any atom is -0.268 e. The number of hydrogen-bond donors (Lipinski definition) is 0. The molecule has 0 radical (unpaired) electrons. The van der Waals surface area contributed by atoms with Crippen LogP contribution in [0.25, 0.3) is 0 Å². The van der Waals surface area contributed by atoms with Gasteiger partial charge in [0.05, 0.1) is 15.9 Å². The Balaban J connectivity index is 3.19. The predicted octanol–water partition coefficient (Wildman–Crippen LogP) is 5.20. The maximum Gasteiger partial charge on any atom is 0.0766 e. The lowest BCUT2D eigenvalue weighted by molar-refractivity contribution is 0.260. The fourth-order valence-corrected chi connectivity index (χ4v) is 5.49. The van der Waals surface area contributed by atoms with Crippen LogP contribution in [-0.2, 0) is 19.4 Å². The average molecular weight is 459 g/mol. The molecule has 1 aromatic rings. The quantitative estimate of drug-likeness (QED) is 0.513. The lowest BCUT2D eigenvalue weighted by atomic mass is 9.77. The molecule has 0 aromatic carbocycles. The van der Waals surface area contributed by atoms with Gasteiger partial charge in [-0.25, -0.2) is 0 Å². The van der Waals surface area contributed by atoms with E-state index in [1.807, 2.05) is 0 Å². The van der Waals surface area contributed by atoms with Gasteiger partial charge in [-0.15, -0.1) is 0 Å². The van der Waals surface area contributed by atoms with Gasteiger partial charge in [-0.3, -0.25) is 4.68 Å². The van der Waals surface area contributed by atoms with Gasteiger partial charge in [-0.2, -0.15) is 5.10 Å². The first-order valence-corrected chi connectivity index (χ1v) is 9.85. The summed E-state index contributed by atoms with van der Waals surface area (Å²) in [7, 11) is 0. The van der Waals surface area contributed by atoms with E-state index in [0.29, 0.717) is 5.92 Å². The standard InChI is InChI=1S/C14H23Br3N2/c1-5-11-13(17)12(19(6-2)18-11)7-14(8-15,9-16)10(3)4/h10H,5-9H2,1-4H3. The van der Waals surface area contributed by atoms with Crippen LogP contribution >= 0.6 is 47.8 Å². The number of nitrogens with zero attached hydrogens (tertiary/aromatic N) is 2. The van der Waals surface area contributed by atoms with Gasteiger partial charge in [0.25, 0.3) is 0 Å². The lowest BCUT2D eigenvalue weighted by Crippen LogP contribution is -2.34. The number of aryl methyl sites for hydroxylation is 2. The highest BCUT2D eigenvalue weighted by Crippen LogP contribution is 2.38. The third kappa shape index (κ3) is 3.65. The molecular weight excluding hydrogens is 436 g/mol. The lowest BCUT2D eigenvalue weighted by Gasteiger charge is -2.34. The molecule has 0 atom stereocenters. The van der Waals surface area contributed by atoms with Crippen molar-refractivity contribution in [1.82, 2.24) is 9.78 Å². The molecule has 1 heterocycles. The van der Waals surface area contributed by atoms with E-state index in [0.717, 1.165) is 30.0 Å². The summed E-state index contributed by atoms with van der Waals surface area (Å²) in [4.78, 5) is 0. The van der Waals surface area contributed by atoms with Crippen molar-refractivity contribution in [2.75, 3.05) is 10.7 Å². The molecule has 0 aliphatic rings. The van der Waals surface area contributed by atoms with E-state index in [2.05, 4.69) is 80.2 Å². The minimum atomic E-state index is 0.223. The fraction of sp³-hybridized carbons (Fsp3) is 0.786. The zero-order valence-electron chi connectivity index (χ0n) is 12.1. The molecule has 110 valence electrons. The molecular formula is C14H23Br3N2. The van der Waals surface area contributed by atoms with Crippen LogP contribution in [0.2, 0.25) is 0 Å². The molecule has 2 nitrogen and oxygen atoms in total. The number of hydrogen-bond acceptors (Lipinski definition) is 1. The van der Waals surface area contributed by atoms with Crippen LogP contribution in [0.4, 0.5) is 0 Å². The maximum atomic E-state index is 4.70. The number of rotatable bonds is 7. The SMILES string of the molecule is CCc1nn(CC)c(CC(CBr)(CBr)C(C)C)c1Br. The highest BCUT2D eigenvalue weighted by atomic mass is 79.9. The first-order chi connectivity index (χ1) is 8.95. The van der Waals surface area contributed by atoms with E-state index in [1.165, 1.54) is 15.9 Å². The van der Waals surface area contributed by atoms with Crippen molar-refractivity contribution in [3.05, 3.63) is 15.9 Å². The summed E-state index contributed by atoms with van der Waals surface area (Å²) in [6.07, 6.45) is 2.00. The average Bonchev–Trinajstić information content (AvgIpc) is 2.71. The fourth-order valence-electron chi connectivity index (χ4n) is 2.16. The Morgan fingerprint density at radius 3 is 2.16 bits per heavy atom. The van der Waals surface area contributed by atoms with Crippen molar-refractivity contribution in [2.45, 2.75) is 47.1 Å². The van der Waals surface area contributed by atoms with E-state index >= 15 is 0 Å². The third-order valence-corrected chi connectivity index (χ3v) is 7.12. The first-order valence-electron chi connectivity index (χ1n) is 6.81. The topological polar surface area (TPSA) is 17.8 Å². The van der Waals surface area contributed by atoms with E-state index in [-0.39, 0.29) is 5.41 Å². The molecule has 1 aromatic heterocycles. The number of aromatic nitrogens is 2. The molecule has 1 rings (SSSR count). The molecule has 0 amide bonds. The Bertz CT molecular complexity index is 409. The van der Waals surface area contributed by atoms with Gasteiger partial charge < -0.3 is 0 Å². The summed E-state index contributed by atoms with van der Waals surface area (Å²) >= 11 is 11.2. The van der Waals surface area contributed by atoms with Gasteiger partial charge in [0, 0.05) is 17.2 Å². The van der Waals surface area contributed by atoms with Crippen LogP contribution in [0.15, 0.2) is 4.47 Å². The second-order valence-electron chi connectivity index (χ2n) is 5.34. The summed E-state index contributed by atoms with van der Waals surface area (Å²) in [5.41, 5.74) is 2.71. The van der Waals surface area contributed by atoms with Gasteiger partial charge in [-0.1, -0.05) is 52.6 Å².